The number of halogens is 2. The molecule has 0 atom stereocenters. The summed E-state index contributed by atoms with van der Waals surface area (Å²) in [6.07, 6.45) is 0.0900. The molecule has 0 aromatic carbocycles. The maximum Gasteiger partial charge on any atom is 0.336 e. The number of hydrogen-bond donors (Lipinski definition) is 1. The SMILES string of the molecule is NCCCS(=O)(=O)C(F)F. The Kier molecular flexibility index (Phi) is 3.73. The molecule has 2 N–H and O–H groups in total. The lowest BCUT2D eigenvalue weighted by Crippen LogP contribution is -2.17. The average Bonchev–Trinajstić information content (AvgIpc) is 1.84. The summed E-state index contributed by atoms with van der Waals surface area (Å²) in [6, 6.07) is 0. The van der Waals surface area contributed by atoms with E-state index in [1.165, 1.54) is 0 Å². The number of alkyl halides is 2. The smallest absolute Gasteiger partial charge is 0.330 e. The number of rotatable bonds is 4. The van der Waals surface area contributed by atoms with Gasteiger partial charge in [0.2, 0.25) is 9.84 Å². The second-order valence-electron chi connectivity index (χ2n) is 1.77. The average molecular weight is 173 g/mol. The van der Waals surface area contributed by atoms with E-state index in [1.54, 1.807) is 0 Å². The van der Waals surface area contributed by atoms with Crippen LogP contribution in [0.1, 0.15) is 6.42 Å². The third-order valence-electron chi connectivity index (χ3n) is 0.904. The molecule has 0 saturated heterocycles. The molecule has 0 heterocycles. The number of nitrogens with two attached hydrogens (primary N) is 1. The van der Waals surface area contributed by atoms with Crippen LogP contribution in [0.15, 0.2) is 0 Å². The predicted octanol–water partition coefficient (Wildman–Crippen LogP) is -0.0274. The van der Waals surface area contributed by atoms with Gasteiger partial charge >= 0.3 is 5.76 Å². The molecule has 0 bridgehead atoms. The van der Waals surface area contributed by atoms with Gasteiger partial charge in [0.1, 0.15) is 0 Å². The molecule has 6 heteroatoms. The molecule has 0 amide bonds. The van der Waals surface area contributed by atoms with Gasteiger partial charge in [-0.15, -0.1) is 0 Å². The van der Waals surface area contributed by atoms with Gasteiger partial charge in [0, 0.05) is 0 Å². The normalized spacial score (nSPS) is 12.4. The molecule has 0 rings (SSSR count). The monoisotopic (exact) mass is 173 g/mol. The van der Waals surface area contributed by atoms with E-state index in [0.29, 0.717) is 0 Å². The van der Waals surface area contributed by atoms with Gasteiger partial charge in [0.05, 0.1) is 5.75 Å². The zero-order chi connectivity index (χ0) is 8.20. The minimum atomic E-state index is -4.17. The lowest BCUT2D eigenvalue weighted by molar-refractivity contribution is 0.234. The first-order chi connectivity index (χ1) is 4.50. The highest BCUT2D eigenvalue weighted by molar-refractivity contribution is 7.91. The summed E-state index contributed by atoms with van der Waals surface area (Å²) in [5.74, 6) is -3.79. The molecule has 0 spiro atoms. The predicted molar refractivity (Wildman–Crippen MR) is 33.5 cm³/mol. The largest absolute Gasteiger partial charge is 0.336 e. The fourth-order valence-corrected chi connectivity index (χ4v) is 1.12. The van der Waals surface area contributed by atoms with E-state index in [0.717, 1.165) is 0 Å². The Morgan fingerprint density at radius 1 is 1.40 bits per heavy atom. The summed E-state index contributed by atoms with van der Waals surface area (Å²) in [4.78, 5) is 0. The first-order valence-corrected chi connectivity index (χ1v) is 4.42. The van der Waals surface area contributed by atoms with Crippen molar-refractivity contribution >= 4 is 9.84 Å². The van der Waals surface area contributed by atoms with Crippen LogP contribution >= 0.6 is 0 Å². The van der Waals surface area contributed by atoms with Gasteiger partial charge in [-0.3, -0.25) is 0 Å². The standard InChI is InChI=1S/C4H9F2NO2S/c5-4(6)10(8,9)3-1-2-7/h4H,1-3,7H2. The van der Waals surface area contributed by atoms with Crippen LogP contribution in [0.25, 0.3) is 0 Å². The molecule has 0 saturated carbocycles. The molecule has 0 aliphatic carbocycles. The topological polar surface area (TPSA) is 60.2 Å². The van der Waals surface area contributed by atoms with Crippen LogP contribution in [-0.2, 0) is 9.84 Å². The quantitative estimate of drug-likeness (QED) is 0.649. The Bertz CT molecular complexity index is 178. The van der Waals surface area contributed by atoms with Crippen LogP contribution in [0, 0.1) is 0 Å². The Labute approximate surface area is 58.1 Å². The second kappa shape index (κ2) is 3.82. The van der Waals surface area contributed by atoms with Crippen molar-refractivity contribution in [3.05, 3.63) is 0 Å². The van der Waals surface area contributed by atoms with Crippen molar-refractivity contribution in [3.63, 3.8) is 0 Å². The van der Waals surface area contributed by atoms with Gasteiger partial charge in [0.25, 0.3) is 0 Å². The summed E-state index contributed by atoms with van der Waals surface area (Å²) >= 11 is 0. The van der Waals surface area contributed by atoms with Crippen molar-refractivity contribution in [2.75, 3.05) is 12.3 Å². The minimum Gasteiger partial charge on any atom is -0.330 e. The van der Waals surface area contributed by atoms with Crippen LogP contribution in [0.4, 0.5) is 8.78 Å². The van der Waals surface area contributed by atoms with Gasteiger partial charge in [-0.05, 0) is 13.0 Å². The maximum absolute atomic E-state index is 11.5. The minimum absolute atomic E-state index is 0.0900. The van der Waals surface area contributed by atoms with E-state index in [2.05, 4.69) is 0 Å². The van der Waals surface area contributed by atoms with E-state index >= 15 is 0 Å². The van der Waals surface area contributed by atoms with Gasteiger partial charge in [-0.25, -0.2) is 8.42 Å². The first-order valence-electron chi connectivity index (χ1n) is 2.70. The number of hydrogen-bond acceptors (Lipinski definition) is 3. The Balaban J connectivity index is 3.90. The van der Waals surface area contributed by atoms with Crippen molar-refractivity contribution in [3.8, 4) is 0 Å². The second-order valence-corrected chi connectivity index (χ2v) is 3.86. The molecule has 0 unspecified atom stereocenters. The summed E-state index contributed by atoms with van der Waals surface area (Å²) in [5, 5.41) is 0. The Hall–Kier alpha value is -0.230. The van der Waals surface area contributed by atoms with E-state index < -0.39 is 21.3 Å². The Morgan fingerprint density at radius 2 is 1.90 bits per heavy atom. The van der Waals surface area contributed by atoms with Gasteiger partial charge < -0.3 is 5.73 Å². The van der Waals surface area contributed by atoms with Crippen molar-refractivity contribution in [1.82, 2.24) is 0 Å². The molecule has 0 aliphatic rings. The lowest BCUT2D eigenvalue weighted by atomic mass is 10.5. The van der Waals surface area contributed by atoms with Gasteiger partial charge in [-0.2, -0.15) is 8.78 Å². The summed E-state index contributed by atoms with van der Waals surface area (Å²) < 4.78 is 43.6. The molecule has 0 aromatic heterocycles. The van der Waals surface area contributed by atoms with Gasteiger partial charge in [-0.1, -0.05) is 0 Å². The summed E-state index contributed by atoms with van der Waals surface area (Å²) in [7, 11) is -4.17. The van der Waals surface area contributed by atoms with Crippen LogP contribution in [0.2, 0.25) is 0 Å². The Morgan fingerprint density at radius 3 is 2.20 bits per heavy atom. The lowest BCUT2D eigenvalue weighted by Gasteiger charge is -1.99. The maximum atomic E-state index is 11.5. The zero-order valence-corrected chi connectivity index (χ0v) is 6.07. The van der Waals surface area contributed by atoms with Crippen molar-refractivity contribution in [1.29, 1.82) is 0 Å². The molecular formula is C4H9F2NO2S. The van der Waals surface area contributed by atoms with Crippen LogP contribution in [0.5, 0.6) is 0 Å². The number of sulfone groups is 1. The van der Waals surface area contributed by atoms with Crippen LogP contribution < -0.4 is 5.73 Å². The fourth-order valence-electron chi connectivity index (χ4n) is 0.374. The zero-order valence-electron chi connectivity index (χ0n) is 5.26. The highest BCUT2D eigenvalue weighted by Gasteiger charge is 2.22. The first kappa shape index (κ1) is 9.77. The van der Waals surface area contributed by atoms with E-state index in [4.69, 9.17) is 5.73 Å². The van der Waals surface area contributed by atoms with Crippen molar-refractivity contribution in [2.24, 2.45) is 5.73 Å². The molecular weight excluding hydrogens is 164 g/mol. The molecule has 0 fully saturated rings. The van der Waals surface area contributed by atoms with Crippen molar-refractivity contribution in [2.45, 2.75) is 12.2 Å². The van der Waals surface area contributed by atoms with Gasteiger partial charge in [0.15, 0.2) is 0 Å². The molecule has 3 nitrogen and oxygen atoms in total. The van der Waals surface area contributed by atoms with E-state index in [-0.39, 0.29) is 13.0 Å². The van der Waals surface area contributed by atoms with E-state index in [1.807, 2.05) is 0 Å². The van der Waals surface area contributed by atoms with E-state index in [9.17, 15) is 17.2 Å². The highest BCUT2D eigenvalue weighted by Crippen LogP contribution is 2.05. The highest BCUT2D eigenvalue weighted by atomic mass is 32.2. The molecule has 10 heavy (non-hydrogen) atoms. The van der Waals surface area contributed by atoms with Crippen molar-refractivity contribution < 1.29 is 17.2 Å². The molecule has 0 aromatic rings. The molecule has 62 valence electrons. The summed E-state index contributed by atoms with van der Waals surface area (Å²) in [5.41, 5.74) is 4.93. The molecule has 0 aliphatic heterocycles. The molecule has 0 radical (unpaired) electrons. The fraction of sp³-hybridized carbons (Fsp3) is 1.00. The van der Waals surface area contributed by atoms with Crippen LogP contribution in [0.3, 0.4) is 0 Å². The van der Waals surface area contributed by atoms with Crippen LogP contribution in [-0.4, -0.2) is 26.5 Å². The summed E-state index contributed by atoms with van der Waals surface area (Å²) in [6.45, 7) is 0.117. The third kappa shape index (κ3) is 3.07. The third-order valence-corrected chi connectivity index (χ3v) is 2.31.